The number of hydrogen-bond donors (Lipinski definition) is 1. The van der Waals surface area contributed by atoms with Gasteiger partial charge in [0, 0.05) is 6.08 Å². The van der Waals surface area contributed by atoms with Crippen molar-refractivity contribution in [3.63, 3.8) is 0 Å². The van der Waals surface area contributed by atoms with E-state index in [1.54, 1.807) is 51.1 Å². The molecule has 1 N–H and O–H groups in total. The Morgan fingerprint density at radius 1 is 1.15 bits per heavy atom. The summed E-state index contributed by atoms with van der Waals surface area (Å²) in [5.41, 5.74) is -0.682. The Hall–Kier alpha value is -2.34. The molecule has 108 valence electrons. The number of para-hydroxylation sites is 1. The van der Waals surface area contributed by atoms with Gasteiger partial charge in [0.25, 0.3) is 0 Å². The van der Waals surface area contributed by atoms with Gasteiger partial charge in [-0.15, -0.1) is 0 Å². The molecule has 20 heavy (non-hydrogen) atoms. The van der Waals surface area contributed by atoms with Gasteiger partial charge in [-0.2, -0.15) is 5.26 Å². The molecule has 0 aromatic heterocycles. The summed E-state index contributed by atoms with van der Waals surface area (Å²) in [5.74, 6) is -1.56. The highest BCUT2D eigenvalue weighted by Gasteiger charge is 2.28. The highest BCUT2D eigenvalue weighted by molar-refractivity contribution is 5.96. The van der Waals surface area contributed by atoms with Gasteiger partial charge in [-0.3, -0.25) is 9.78 Å². The van der Waals surface area contributed by atoms with Crippen molar-refractivity contribution in [2.24, 2.45) is 5.41 Å². The molecule has 0 amide bonds. The Morgan fingerprint density at radius 2 is 1.75 bits per heavy atom. The summed E-state index contributed by atoms with van der Waals surface area (Å²) in [6.07, 6.45) is 0.858. The summed E-state index contributed by atoms with van der Waals surface area (Å²) in [4.78, 5) is 36.0. The van der Waals surface area contributed by atoms with Crippen molar-refractivity contribution in [1.82, 2.24) is 0 Å². The van der Waals surface area contributed by atoms with Crippen LogP contribution in [0.3, 0.4) is 0 Å². The van der Waals surface area contributed by atoms with Gasteiger partial charge in [0.05, 0.1) is 5.57 Å². The lowest BCUT2D eigenvalue weighted by Gasteiger charge is -2.20. The molecule has 0 heterocycles. The van der Waals surface area contributed by atoms with Crippen molar-refractivity contribution in [3.05, 3.63) is 42.0 Å². The minimum atomic E-state index is -1.06. The molecule has 6 heteroatoms. The van der Waals surface area contributed by atoms with Crippen LogP contribution in [0.2, 0.25) is 0 Å². The number of carbonyl (C=O) groups is 2. The molecule has 0 radical (unpaired) electrons. The third-order valence-electron chi connectivity index (χ3n) is 2.34. The smallest absolute Gasteiger partial charge is 0.296 e. The van der Waals surface area contributed by atoms with E-state index < -0.39 is 17.4 Å². The van der Waals surface area contributed by atoms with Crippen molar-refractivity contribution in [3.8, 4) is 5.75 Å². The van der Waals surface area contributed by atoms with Gasteiger partial charge in [-0.1, -0.05) is 39.0 Å². The third-order valence-corrected chi connectivity index (χ3v) is 2.34. The minimum absolute atomic E-state index is 0.00693. The van der Waals surface area contributed by atoms with Gasteiger partial charge in [0.1, 0.15) is 0 Å². The zero-order valence-corrected chi connectivity index (χ0v) is 11.5. The zero-order chi connectivity index (χ0) is 15.2. The van der Waals surface area contributed by atoms with Crippen LogP contribution in [-0.4, -0.2) is 17.2 Å². The normalized spacial score (nSPS) is 11.7. The van der Waals surface area contributed by atoms with Gasteiger partial charge < -0.3 is 0 Å². The molecule has 1 aromatic rings. The Kier molecular flexibility index (Phi) is 5.28. The molecule has 0 aliphatic rings. The maximum Gasteiger partial charge on any atom is 0.382 e. The number of carbonyl (C=O) groups excluding carboxylic acids is 2. The Labute approximate surface area is 116 Å². The van der Waals surface area contributed by atoms with E-state index >= 15 is 0 Å². The molecule has 1 aromatic carbocycles. The lowest BCUT2D eigenvalue weighted by Crippen LogP contribution is -2.23. The fourth-order valence-electron chi connectivity index (χ4n) is 1.33. The first kappa shape index (κ1) is 15.7. The monoisotopic (exact) mass is 280 g/mol. The summed E-state index contributed by atoms with van der Waals surface area (Å²) in [5, 5.41) is 8.26. The van der Waals surface area contributed by atoms with Gasteiger partial charge in [-0.25, -0.2) is 14.5 Å². The van der Waals surface area contributed by atoms with Crippen molar-refractivity contribution in [2.75, 3.05) is 0 Å². The van der Waals surface area contributed by atoms with Crippen LogP contribution < -0.4 is 4.89 Å². The van der Waals surface area contributed by atoms with Gasteiger partial charge >= 0.3 is 11.9 Å². The average Bonchev–Trinajstić information content (AvgIpc) is 2.41. The van der Waals surface area contributed by atoms with Gasteiger partial charge in [0.15, 0.2) is 5.75 Å². The van der Waals surface area contributed by atoms with Crippen LogP contribution in [0.25, 0.3) is 0 Å². The molecule has 1 rings (SSSR count). The first-order valence-corrected chi connectivity index (χ1v) is 5.86. The Balaban J connectivity index is 2.80. The predicted molar refractivity (Wildman–Crippen MR) is 69.4 cm³/mol. The maximum atomic E-state index is 11.9. The first-order chi connectivity index (χ1) is 9.34. The van der Waals surface area contributed by atoms with Crippen LogP contribution in [0.5, 0.6) is 5.75 Å². The number of benzene rings is 1. The highest BCUT2D eigenvalue weighted by Crippen LogP contribution is 2.26. The molecule has 0 aliphatic carbocycles. The quantitative estimate of drug-likeness (QED) is 0.518. The zero-order valence-electron chi connectivity index (χ0n) is 11.5. The highest BCUT2D eigenvalue weighted by atomic mass is 17.2. The maximum absolute atomic E-state index is 11.9. The number of hydrogen-bond acceptors (Lipinski definition) is 6. The molecule has 0 fully saturated rings. The Bertz CT molecular complexity index is 498. The van der Waals surface area contributed by atoms with Crippen LogP contribution in [0, 0.1) is 5.41 Å². The van der Waals surface area contributed by atoms with E-state index in [1.165, 1.54) is 0 Å². The molecular weight excluding hydrogens is 264 g/mol. The summed E-state index contributed by atoms with van der Waals surface area (Å²) in [6.45, 7) is 5.10. The lowest BCUT2D eigenvalue weighted by atomic mass is 9.86. The van der Waals surface area contributed by atoms with E-state index in [9.17, 15) is 9.59 Å². The second kappa shape index (κ2) is 6.72. The summed E-state index contributed by atoms with van der Waals surface area (Å²) >= 11 is 0. The van der Waals surface area contributed by atoms with Crippen molar-refractivity contribution in [2.45, 2.75) is 20.8 Å². The molecule has 0 spiro atoms. The van der Waals surface area contributed by atoms with Crippen LogP contribution in [0.1, 0.15) is 20.8 Å². The van der Waals surface area contributed by atoms with Crippen molar-refractivity contribution >= 4 is 11.9 Å². The van der Waals surface area contributed by atoms with Crippen LogP contribution >= 0.6 is 0 Å². The van der Waals surface area contributed by atoms with Crippen LogP contribution in [-0.2, 0) is 19.4 Å². The fraction of sp³-hybridized carbons (Fsp3) is 0.286. The van der Waals surface area contributed by atoms with E-state index in [1.807, 2.05) is 0 Å². The predicted octanol–water partition coefficient (Wildman–Crippen LogP) is 2.51. The standard InChI is InChI=1S/C14H16O6/c1-14(2,3)11(9-12(15)18-17)13(16)20-19-10-7-5-4-6-8-10/h4-9,17H,1-3H3/b11-9+. The molecular formula is C14H16O6. The molecule has 0 saturated heterocycles. The molecule has 6 nitrogen and oxygen atoms in total. The lowest BCUT2D eigenvalue weighted by molar-refractivity contribution is -0.228. The van der Waals surface area contributed by atoms with Crippen LogP contribution in [0.4, 0.5) is 0 Å². The minimum Gasteiger partial charge on any atom is -0.296 e. The topological polar surface area (TPSA) is 82.1 Å². The summed E-state index contributed by atoms with van der Waals surface area (Å²) in [7, 11) is 0. The molecule has 0 saturated carbocycles. The Morgan fingerprint density at radius 3 is 2.25 bits per heavy atom. The third kappa shape index (κ3) is 4.74. The fourth-order valence-corrected chi connectivity index (χ4v) is 1.33. The van der Waals surface area contributed by atoms with E-state index in [-0.39, 0.29) is 5.57 Å². The van der Waals surface area contributed by atoms with Crippen molar-refractivity contribution < 1.29 is 29.5 Å². The van der Waals surface area contributed by atoms with Crippen LogP contribution in [0.15, 0.2) is 42.0 Å². The molecule has 0 unspecified atom stereocenters. The number of rotatable bonds is 4. The van der Waals surface area contributed by atoms with E-state index in [0.29, 0.717) is 5.75 Å². The van der Waals surface area contributed by atoms with E-state index in [4.69, 9.17) is 10.1 Å². The van der Waals surface area contributed by atoms with Gasteiger partial charge in [-0.05, 0) is 17.5 Å². The first-order valence-electron chi connectivity index (χ1n) is 5.86. The molecule has 0 aliphatic heterocycles. The second-order valence-electron chi connectivity index (χ2n) is 4.99. The average molecular weight is 280 g/mol. The van der Waals surface area contributed by atoms with E-state index in [0.717, 1.165) is 6.08 Å². The summed E-state index contributed by atoms with van der Waals surface area (Å²) < 4.78 is 0. The van der Waals surface area contributed by atoms with Gasteiger partial charge in [0.2, 0.25) is 0 Å². The second-order valence-corrected chi connectivity index (χ2v) is 4.99. The molecule has 0 bridgehead atoms. The summed E-state index contributed by atoms with van der Waals surface area (Å²) in [6, 6.07) is 8.43. The molecule has 0 atom stereocenters. The SMILES string of the molecule is CC(C)(C)/C(=C/C(=O)OO)C(=O)OOc1ccccc1. The van der Waals surface area contributed by atoms with E-state index in [2.05, 4.69) is 9.78 Å². The largest absolute Gasteiger partial charge is 0.382 e. The van der Waals surface area contributed by atoms with Crippen molar-refractivity contribution in [1.29, 1.82) is 0 Å².